The summed E-state index contributed by atoms with van der Waals surface area (Å²) < 4.78 is 5.33. The lowest BCUT2D eigenvalue weighted by molar-refractivity contribution is 0.0303. The Morgan fingerprint density at radius 3 is 2.51 bits per heavy atom. The van der Waals surface area contributed by atoms with E-state index in [0.29, 0.717) is 54.9 Å². The lowest BCUT2D eigenvalue weighted by Gasteiger charge is -2.33. The number of pyridine rings is 1. The molecule has 2 aliphatic rings. The van der Waals surface area contributed by atoms with Gasteiger partial charge in [0.15, 0.2) is 0 Å². The molecule has 192 valence electrons. The van der Waals surface area contributed by atoms with Crippen LogP contribution in [-0.2, 0) is 11.2 Å². The van der Waals surface area contributed by atoms with Crippen molar-refractivity contribution < 1.29 is 14.3 Å². The molecule has 2 amide bonds. The number of morpholine rings is 1. The molecular formula is C27H31N7O3. The molecule has 2 fully saturated rings. The Hall–Kier alpha value is -4.05. The molecule has 37 heavy (non-hydrogen) atoms. The lowest BCUT2D eigenvalue weighted by Crippen LogP contribution is -2.40. The van der Waals surface area contributed by atoms with E-state index in [1.54, 1.807) is 35.5 Å². The van der Waals surface area contributed by atoms with Crippen molar-refractivity contribution in [3.63, 3.8) is 0 Å². The minimum absolute atomic E-state index is 0.0200. The first-order chi connectivity index (χ1) is 18.1. The number of nitrogens with two attached hydrogens (primary N) is 1. The second-order valence-corrected chi connectivity index (χ2v) is 9.36. The highest BCUT2D eigenvalue weighted by Gasteiger charge is 2.24. The summed E-state index contributed by atoms with van der Waals surface area (Å²) >= 11 is 0. The van der Waals surface area contributed by atoms with Crippen LogP contribution in [-0.4, -0.2) is 71.1 Å². The van der Waals surface area contributed by atoms with Crippen molar-refractivity contribution in [2.45, 2.75) is 19.3 Å². The first-order valence-electron chi connectivity index (χ1n) is 12.6. The standard InChI is InChI=1S/C27H31N7O3/c28-25(35)22-8-9-24(34-12-1-3-19(18-34)17-23-29-10-2-11-30-23)32-26(22)31-21-6-4-20(5-7-21)27(36)33-13-15-37-16-14-33/h2,4-11,19H,1,3,12-18H2,(H2,28,35)(H,31,32)/t19-/m0/s1. The van der Waals surface area contributed by atoms with E-state index in [-0.39, 0.29) is 5.91 Å². The monoisotopic (exact) mass is 501 g/mol. The molecular weight excluding hydrogens is 470 g/mol. The average Bonchev–Trinajstić information content (AvgIpc) is 2.94. The second-order valence-electron chi connectivity index (χ2n) is 9.36. The largest absolute Gasteiger partial charge is 0.378 e. The lowest BCUT2D eigenvalue weighted by atomic mass is 9.94. The third kappa shape index (κ3) is 6.03. The average molecular weight is 502 g/mol. The van der Waals surface area contributed by atoms with Crippen molar-refractivity contribution in [2.75, 3.05) is 49.6 Å². The molecule has 1 atom stereocenters. The van der Waals surface area contributed by atoms with Crippen LogP contribution >= 0.6 is 0 Å². The molecule has 3 aromatic rings. The highest BCUT2D eigenvalue weighted by atomic mass is 16.5. The Balaban J connectivity index is 1.30. The van der Waals surface area contributed by atoms with E-state index in [1.165, 1.54) is 0 Å². The molecule has 10 nitrogen and oxygen atoms in total. The summed E-state index contributed by atoms with van der Waals surface area (Å²) in [5, 5.41) is 3.23. The summed E-state index contributed by atoms with van der Waals surface area (Å²) in [5.41, 5.74) is 7.27. The minimum atomic E-state index is -0.557. The summed E-state index contributed by atoms with van der Waals surface area (Å²) in [7, 11) is 0. The van der Waals surface area contributed by atoms with Crippen LogP contribution in [0, 0.1) is 5.92 Å². The number of carbonyl (C=O) groups excluding carboxylic acids is 2. The predicted octanol–water partition coefficient (Wildman–Crippen LogP) is 2.65. The zero-order valence-electron chi connectivity index (χ0n) is 20.7. The maximum absolute atomic E-state index is 12.7. The first kappa shape index (κ1) is 24.6. The van der Waals surface area contributed by atoms with Gasteiger partial charge in [0.25, 0.3) is 11.8 Å². The third-order valence-corrected chi connectivity index (χ3v) is 6.77. The Kier molecular flexibility index (Phi) is 7.55. The van der Waals surface area contributed by atoms with Crippen molar-refractivity contribution >= 4 is 29.1 Å². The number of rotatable bonds is 7. The summed E-state index contributed by atoms with van der Waals surface area (Å²) in [6.45, 7) is 4.01. The summed E-state index contributed by atoms with van der Waals surface area (Å²) in [4.78, 5) is 42.4. The Labute approximate surface area is 215 Å². The molecule has 5 rings (SSSR count). The number of hydrogen-bond acceptors (Lipinski definition) is 8. The fourth-order valence-corrected chi connectivity index (χ4v) is 4.83. The molecule has 3 N–H and O–H groups in total. The van der Waals surface area contributed by atoms with Gasteiger partial charge >= 0.3 is 0 Å². The van der Waals surface area contributed by atoms with E-state index < -0.39 is 5.91 Å². The molecule has 2 aromatic heterocycles. The van der Waals surface area contributed by atoms with Crippen molar-refractivity contribution in [1.29, 1.82) is 0 Å². The zero-order chi connectivity index (χ0) is 25.6. The van der Waals surface area contributed by atoms with E-state index >= 15 is 0 Å². The number of nitrogens with one attached hydrogen (secondary N) is 1. The molecule has 10 heteroatoms. The number of anilines is 3. The Bertz CT molecular complexity index is 1230. The van der Waals surface area contributed by atoms with Crippen LogP contribution in [0.15, 0.2) is 54.9 Å². The number of carbonyl (C=O) groups is 2. The van der Waals surface area contributed by atoms with E-state index in [4.69, 9.17) is 15.5 Å². The third-order valence-electron chi connectivity index (χ3n) is 6.77. The molecule has 0 unspecified atom stereocenters. The van der Waals surface area contributed by atoms with Crippen LogP contribution < -0.4 is 16.0 Å². The number of nitrogens with zero attached hydrogens (tertiary/aromatic N) is 5. The predicted molar refractivity (Wildman–Crippen MR) is 140 cm³/mol. The molecule has 2 aliphatic heterocycles. The number of amides is 2. The van der Waals surface area contributed by atoms with Crippen LogP contribution in [0.4, 0.5) is 17.3 Å². The van der Waals surface area contributed by atoms with Gasteiger partial charge in [-0.1, -0.05) is 0 Å². The Morgan fingerprint density at radius 1 is 1.03 bits per heavy atom. The van der Waals surface area contributed by atoms with E-state index in [0.717, 1.165) is 44.0 Å². The number of primary amides is 1. The van der Waals surface area contributed by atoms with Gasteiger partial charge < -0.3 is 25.6 Å². The normalized spacial score (nSPS) is 17.9. The quantitative estimate of drug-likeness (QED) is 0.506. The summed E-state index contributed by atoms with van der Waals surface area (Å²) in [6, 6.07) is 12.5. The van der Waals surface area contributed by atoms with Gasteiger partial charge in [-0.05, 0) is 61.2 Å². The molecule has 2 saturated heterocycles. The molecule has 1 aromatic carbocycles. The number of piperidine rings is 1. The van der Waals surface area contributed by atoms with Crippen molar-refractivity contribution in [3.05, 3.63) is 71.8 Å². The maximum atomic E-state index is 12.7. The number of hydrogen-bond donors (Lipinski definition) is 2. The van der Waals surface area contributed by atoms with Crippen LogP contribution in [0.3, 0.4) is 0 Å². The molecule has 0 aliphatic carbocycles. The van der Waals surface area contributed by atoms with Gasteiger partial charge in [-0.2, -0.15) is 0 Å². The van der Waals surface area contributed by atoms with Crippen LogP contribution in [0.25, 0.3) is 0 Å². The molecule has 0 spiro atoms. The highest BCUT2D eigenvalue weighted by molar-refractivity contribution is 5.99. The van der Waals surface area contributed by atoms with Gasteiger partial charge in [-0.3, -0.25) is 9.59 Å². The first-order valence-corrected chi connectivity index (χ1v) is 12.6. The van der Waals surface area contributed by atoms with Gasteiger partial charge in [-0.15, -0.1) is 0 Å². The van der Waals surface area contributed by atoms with E-state index in [2.05, 4.69) is 20.2 Å². The molecule has 4 heterocycles. The minimum Gasteiger partial charge on any atom is -0.378 e. The van der Waals surface area contributed by atoms with Crippen LogP contribution in [0.1, 0.15) is 39.4 Å². The summed E-state index contributed by atoms with van der Waals surface area (Å²) in [6.07, 6.45) is 6.51. The second kappa shape index (κ2) is 11.3. The zero-order valence-corrected chi connectivity index (χ0v) is 20.7. The van der Waals surface area contributed by atoms with Crippen LogP contribution in [0.5, 0.6) is 0 Å². The number of aromatic nitrogens is 3. The molecule has 0 radical (unpaired) electrons. The van der Waals surface area contributed by atoms with Gasteiger partial charge in [-0.25, -0.2) is 15.0 Å². The highest BCUT2D eigenvalue weighted by Crippen LogP contribution is 2.27. The van der Waals surface area contributed by atoms with E-state index in [9.17, 15) is 9.59 Å². The van der Waals surface area contributed by atoms with Gasteiger partial charge in [0, 0.05) is 56.2 Å². The number of benzene rings is 1. The molecule has 0 bridgehead atoms. The van der Waals surface area contributed by atoms with Crippen molar-refractivity contribution in [1.82, 2.24) is 19.9 Å². The SMILES string of the molecule is NC(=O)c1ccc(N2CCC[C@@H](Cc3ncccn3)C2)nc1Nc1ccc(C(=O)N2CCOCC2)cc1. The van der Waals surface area contributed by atoms with Gasteiger partial charge in [0.2, 0.25) is 0 Å². The van der Waals surface area contributed by atoms with E-state index in [1.807, 2.05) is 24.3 Å². The maximum Gasteiger partial charge on any atom is 0.254 e. The van der Waals surface area contributed by atoms with Crippen molar-refractivity contribution in [2.24, 2.45) is 11.7 Å². The fraction of sp³-hybridized carbons (Fsp3) is 0.370. The molecule has 0 saturated carbocycles. The van der Waals surface area contributed by atoms with Gasteiger partial charge in [0.1, 0.15) is 17.5 Å². The smallest absolute Gasteiger partial charge is 0.254 e. The Morgan fingerprint density at radius 2 is 1.78 bits per heavy atom. The fourth-order valence-electron chi connectivity index (χ4n) is 4.83. The van der Waals surface area contributed by atoms with Crippen molar-refractivity contribution in [3.8, 4) is 0 Å². The van der Waals surface area contributed by atoms with Crippen LogP contribution in [0.2, 0.25) is 0 Å². The topological polar surface area (TPSA) is 127 Å². The number of ether oxygens (including phenoxy) is 1. The summed E-state index contributed by atoms with van der Waals surface area (Å²) in [5.74, 6) is 1.87. The van der Waals surface area contributed by atoms with Gasteiger partial charge in [0.05, 0.1) is 18.8 Å².